The summed E-state index contributed by atoms with van der Waals surface area (Å²) in [5, 5.41) is 0. The van der Waals surface area contributed by atoms with Crippen LogP contribution in [0, 0.1) is 13.8 Å². The van der Waals surface area contributed by atoms with Gasteiger partial charge in [0.2, 0.25) is 0 Å². The van der Waals surface area contributed by atoms with Gasteiger partial charge in [0.05, 0.1) is 10.0 Å². The Morgan fingerprint density at radius 2 is 1.82 bits per heavy atom. The Bertz CT molecular complexity index is 910. The van der Waals surface area contributed by atoms with Crippen molar-refractivity contribution in [3.8, 4) is 5.75 Å². The van der Waals surface area contributed by atoms with Gasteiger partial charge in [-0.3, -0.25) is 4.79 Å². The molecule has 2 aromatic carbocycles. The Morgan fingerprint density at radius 1 is 1.14 bits per heavy atom. The van der Waals surface area contributed by atoms with Gasteiger partial charge in [0.1, 0.15) is 17.1 Å². The summed E-state index contributed by atoms with van der Waals surface area (Å²) in [7, 11) is 0. The van der Waals surface area contributed by atoms with Crippen molar-refractivity contribution in [2.45, 2.75) is 36.3 Å². The van der Waals surface area contributed by atoms with Crippen LogP contribution in [0.15, 0.2) is 44.2 Å². The molecule has 2 aliphatic rings. The molecule has 28 heavy (non-hydrogen) atoms. The van der Waals surface area contributed by atoms with Crippen molar-refractivity contribution in [1.82, 2.24) is 4.90 Å². The van der Waals surface area contributed by atoms with E-state index in [0.29, 0.717) is 24.5 Å². The fourth-order valence-corrected chi connectivity index (χ4v) is 6.39. The third kappa shape index (κ3) is 3.81. The summed E-state index contributed by atoms with van der Waals surface area (Å²) in [6.45, 7) is 7.29. The first-order valence-corrected chi connectivity index (χ1v) is 11.9. The lowest BCUT2D eigenvalue weighted by atomic mass is 9.92. The van der Waals surface area contributed by atoms with Gasteiger partial charge >= 0.3 is 0 Å². The number of ketones is 1. The van der Waals surface area contributed by atoms with E-state index in [1.54, 1.807) is 11.8 Å². The molecule has 1 fully saturated rings. The van der Waals surface area contributed by atoms with Crippen LogP contribution >= 0.6 is 43.6 Å². The van der Waals surface area contributed by atoms with Gasteiger partial charge < -0.3 is 9.64 Å². The number of thioether (sulfide) groups is 1. The van der Waals surface area contributed by atoms with Gasteiger partial charge in [-0.25, -0.2) is 0 Å². The number of benzene rings is 2. The molecule has 0 bridgehead atoms. The first-order valence-electron chi connectivity index (χ1n) is 9.54. The Hall–Kier alpha value is -0.820. The number of ether oxygens (including phenoxy) is 1. The van der Waals surface area contributed by atoms with Crippen molar-refractivity contribution in [3.63, 3.8) is 0 Å². The maximum atomic E-state index is 13.8. The Labute approximate surface area is 187 Å². The van der Waals surface area contributed by atoms with Gasteiger partial charge in [0.15, 0.2) is 5.78 Å². The molecular formula is C22H23Br2NO2S. The second-order valence-corrected chi connectivity index (χ2v) is 10.8. The minimum absolute atomic E-state index is 0.160. The molecule has 2 heterocycles. The van der Waals surface area contributed by atoms with E-state index in [4.69, 9.17) is 4.74 Å². The zero-order valence-corrected chi connectivity index (χ0v) is 20.0. The zero-order valence-electron chi connectivity index (χ0n) is 16.1. The van der Waals surface area contributed by atoms with E-state index < -0.39 is 4.75 Å². The minimum atomic E-state index is -0.638. The summed E-state index contributed by atoms with van der Waals surface area (Å²) in [6.07, 6.45) is 2.40. The third-order valence-corrected chi connectivity index (χ3v) is 8.63. The summed E-state index contributed by atoms with van der Waals surface area (Å²) in [4.78, 5) is 17.4. The fraction of sp³-hybridized carbons (Fsp3) is 0.409. The standard InChI is InChI=1S/C22H23Br2NO2S/c1-14-5-7-16(8-6-14)28-22(12-25-9-3-4-10-25)13-27-20-17(21(22)26)11-18(23)15(2)19(20)24/h5-8,11H,3-4,9-10,12-13H2,1-2H3/t22-/m0/s1. The number of hydrogen-bond donors (Lipinski definition) is 0. The highest BCUT2D eigenvalue weighted by atomic mass is 79.9. The summed E-state index contributed by atoms with van der Waals surface area (Å²) >= 11 is 8.87. The topological polar surface area (TPSA) is 29.5 Å². The molecule has 1 saturated heterocycles. The number of carbonyl (C=O) groups is 1. The van der Waals surface area contributed by atoms with Gasteiger partial charge in [-0.1, -0.05) is 33.6 Å². The number of nitrogens with zero attached hydrogens (tertiary/aromatic N) is 1. The number of hydrogen-bond acceptors (Lipinski definition) is 4. The van der Waals surface area contributed by atoms with Crippen LogP contribution < -0.4 is 4.74 Å². The SMILES string of the molecule is Cc1ccc(S[C@@]2(CN3CCCC3)COc3c(cc(Br)c(C)c3Br)C2=O)cc1. The molecule has 4 rings (SSSR count). The van der Waals surface area contributed by atoms with E-state index >= 15 is 0 Å². The average Bonchev–Trinajstić information content (AvgIpc) is 3.18. The van der Waals surface area contributed by atoms with Crippen molar-refractivity contribution in [2.75, 3.05) is 26.2 Å². The predicted molar refractivity (Wildman–Crippen MR) is 122 cm³/mol. The number of halogens is 2. The number of likely N-dealkylation sites (tertiary alicyclic amines) is 1. The summed E-state index contributed by atoms with van der Waals surface area (Å²) in [5.41, 5.74) is 2.93. The molecule has 0 aromatic heterocycles. The predicted octanol–water partition coefficient (Wildman–Crippen LogP) is 6.03. The molecule has 148 valence electrons. The minimum Gasteiger partial charge on any atom is -0.490 e. The van der Waals surface area contributed by atoms with E-state index in [1.807, 2.05) is 13.0 Å². The zero-order chi connectivity index (χ0) is 19.9. The number of aryl methyl sites for hydroxylation is 1. The van der Waals surface area contributed by atoms with Gasteiger partial charge in [0.25, 0.3) is 0 Å². The van der Waals surface area contributed by atoms with Crippen molar-refractivity contribution in [3.05, 3.63) is 56.0 Å². The number of rotatable bonds is 4. The van der Waals surface area contributed by atoms with Crippen molar-refractivity contribution in [1.29, 1.82) is 0 Å². The molecule has 6 heteroatoms. The van der Waals surface area contributed by atoms with Crippen LogP contribution in [-0.2, 0) is 0 Å². The molecular weight excluding hydrogens is 502 g/mol. The second-order valence-electron chi connectivity index (χ2n) is 7.68. The van der Waals surface area contributed by atoms with Crippen LogP contribution in [0.5, 0.6) is 5.75 Å². The largest absolute Gasteiger partial charge is 0.490 e. The lowest BCUT2D eigenvalue weighted by Crippen LogP contribution is -2.52. The average molecular weight is 525 g/mol. The molecule has 0 radical (unpaired) electrons. The molecule has 2 aromatic rings. The number of Topliss-reactive ketones (excluding diaryl/α,β-unsaturated/α-hetero) is 1. The maximum Gasteiger partial charge on any atom is 0.187 e. The highest BCUT2D eigenvalue weighted by Gasteiger charge is 2.47. The molecule has 1 atom stereocenters. The second kappa shape index (κ2) is 8.13. The molecule has 0 spiro atoms. The van der Waals surface area contributed by atoms with Crippen LogP contribution in [0.4, 0.5) is 0 Å². The van der Waals surface area contributed by atoms with E-state index in [-0.39, 0.29) is 5.78 Å². The summed E-state index contributed by atoms with van der Waals surface area (Å²) in [5.74, 6) is 0.833. The van der Waals surface area contributed by atoms with Gasteiger partial charge in [0, 0.05) is 15.9 Å². The Morgan fingerprint density at radius 3 is 2.50 bits per heavy atom. The first-order chi connectivity index (χ1) is 13.4. The number of carbonyl (C=O) groups excluding carboxylic acids is 1. The summed E-state index contributed by atoms with van der Waals surface area (Å²) in [6, 6.07) is 10.3. The van der Waals surface area contributed by atoms with Crippen LogP contribution in [0.3, 0.4) is 0 Å². The Balaban J connectivity index is 1.75. The smallest absolute Gasteiger partial charge is 0.187 e. The molecule has 0 saturated carbocycles. The maximum absolute atomic E-state index is 13.8. The molecule has 3 nitrogen and oxygen atoms in total. The fourth-order valence-electron chi connectivity index (χ4n) is 3.86. The van der Waals surface area contributed by atoms with Crippen molar-refractivity contribution in [2.24, 2.45) is 0 Å². The van der Waals surface area contributed by atoms with E-state index in [2.05, 4.69) is 67.9 Å². The van der Waals surface area contributed by atoms with Gasteiger partial charge in [-0.2, -0.15) is 0 Å². The van der Waals surface area contributed by atoms with Crippen LogP contribution in [-0.4, -0.2) is 41.7 Å². The van der Waals surface area contributed by atoms with Gasteiger partial charge in [-0.05, 0) is 79.5 Å². The first kappa shape index (κ1) is 20.5. The lowest BCUT2D eigenvalue weighted by Gasteiger charge is -2.39. The number of fused-ring (bicyclic) bond motifs is 1. The normalized spacial score (nSPS) is 22.2. The van der Waals surface area contributed by atoms with Gasteiger partial charge in [-0.15, -0.1) is 11.8 Å². The molecule has 0 amide bonds. The molecule has 0 N–H and O–H groups in total. The van der Waals surface area contributed by atoms with Crippen LogP contribution in [0.1, 0.15) is 34.3 Å². The third-order valence-electron chi connectivity index (χ3n) is 5.52. The van der Waals surface area contributed by atoms with Crippen LogP contribution in [0.2, 0.25) is 0 Å². The van der Waals surface area contributed by atoms with Crippen molar-refractivity contribution < 1.29 is 9.53 Å². The molecule has 2 aliphatic heterocycles. The Kier molecular flexibility index (Phi) is 5.94. The van der Waals surface area contributed by atoms with Crippen LogP contribution in [0.25, 0.3) is 0 Å². The van der Waals surface area contributed by atoms with E-state index in [0.717, 1.165) is 32.5 Å². The summed E-state index contributed by atoms with van der Waals surface area (Å²) < 4.78 is 7.39. The lowest BCUT2D eigenvalue weighted by molar-refractivity contribution is 0.0831. The molecule has 0 aliphatic carbocycles. The highest BCUT2D eigenvalue weighted by Crippen LogP contribution is 2.46. The quantitative estimate of drug-likeness (QED) is 0.488. The van der Waals surface area contributed by atoms with E-state index in [9.17, 15) is 4.79 Å². The monoisotopic (exact) mass is 523 g/mol. The van der Waals surface area contributed by atoms with E-state index in [1.165, 1.54) is 18.4 Å². The highest BCUT2D eigenvalue weighted by molar-refractivity contribution is 9.11. The molecule has 0 unspecified atom stereocenters. The van der Waals surface area contributed by atoms with Crippen molar-refractivity contribution >= 4 is 49.4 Å².